The second-order valence-electron chi connectivity index (χ2n) is 9.21. The smallest absolute Gasteiger partial charge is 0.254 e. The average Bonchev–Trinajstić information content (AvgIpc) is 3.31. The zero-order valence-corrected chi connectivity index (χ0v) is 17.3. The van der Waals surface area contributed by atoms with E-state index in [4.69, 9.17) is 0 Å². The molecule has 2 aromatic rings. The minimum Gasteiger partial charge on any atom is -0.342 e. The van der Waals surface area contributed by atoms with Crippen LogP contribution in [0.25, 0.3) is 0 Å². The molecule has 158 valence electrons. The maximum absolute atomic E-state index is 13.8. The van der Waals surface area contributed by atoms with Gasteiger partial charge in [-0.3, -0.25) is 9.59 Å². The summed E-state index contributed by atoms with van der Waals surface area (Å²) in [5.74, 6) is 0.140. The molecular weight excluding hydrogens is 383 g/mol. The van der Waals surface area contributed by atoms with Crippen molar-refractivity contribution < 1.29 is 14.0 Å². The average molecular weight is 410 g/mol. The fourth-order valence-electron chi connectivity index (χ4n) is 5.13. The van der Waals surface area contributed by atoms with E-state index in [2.05, 4.69) is 4.98 Å². The van der Waals surface area contributed by atoms with Crippen LogP contribution >= 0.6 is 0 Å². The SMILES string of the molecule is Cn1cnc([C@H]2C[C@]3(CCCN(CC4CC4)C3=O)CN2C(=O)c2cccc(F)c2)c1. The highest BCUT2D eigenvalue weighted by molar-refractivity contribution is 5.96. The van der Waals surface area contributed by atoms with Crippen LogP contribution in [0.2, 0.25) is 0 Å². The number of aromatic nitrogens is 2. The molecule has 0 N–H and O–H groups in total. The van der Waals surface area contributed by atoms with E-state index in [1.165, 1.54) is 25.0 Å². The van der Waals surface area contributed by atoms with Crippen molar-refractivity contribution in [2.45, 2.75) is 38.1 Å². The zero-order valence-electron chi connectivity index (χ0n) is 17.3. The van der Waals surface area contributed by atoms with Crippen LogP contribution in [0.4, 0.5) is 4.39 Å². The van der Waals surface area contributed by atoms with Gasteiger partial charge in [0, 0.05) is 38.4 Å². The largest absolute Gasteiger partial charge is 0.342 e. The molecule has 30 heavy (non-hydrogen) atoms. The number of likely N-dealkylation sites (tertiary alicyclic amines) is 2. The molecule has 7 heteroatoms. The van der Waals surface area contributed by atoms with Crippen LogP contribution in [0, 0.1) is 17.2 Å². The molecule has 2 saturated heterocycles. The second-order valence-corrected chi connectivity index (χ2v) is 9.21. The molecule has 2 aliphatic heterocycles. The van der Waals surface area contributed by atoms with E-state index in [1.54, 1.807) is 23.4 Å². The Morgan fingerprint density at radius 3 is 2.87 bits per heavy atom. The summed E-state index contributed by atoms with van der Waals surface area (Å²) in [6.45, 7) is 2.01. The van der Waals surface area contributed by atoms with Gasteiger partial charge in [-0.1, -0.05) is 6.07 Å². The first-order chi connectivity index (χ1) is 14.4. The van der Waals surface area contributed by atoms with Crippen molar-refractivity contribution >= 4 is 11.8 Å². The van der Waals surface area contributed by atoms with Gasteiger partial charge in [0.15, 0.2) is 0 Å². The van der Waals surface area contributed by atoms with E-state index in [9.17, 15) is 14.0 Å². The Balaban J connectivity index is 1.48. The van der Waals surface area contributed by atoms with E-state index in [1.807, 2.05) is 22.7 Å². The maximum Gasteiger partial charge on any atom is 0.254 e. The number of nitrogens with zero attached hydrogens (tertiary/aromatic N) is 4. The lowest BCUT2D eigenvalue weighted by atomic mass is 9.76. The van der Waals surface area contributed by atoms with Gasteiger partial charge in [0.1, 0.15) is 5.82 Å². The quantitative estimate of drug-likeness (QED) is 0.778. The van der Waals surface area contributed by atoms with Crippen molar-refractivity contribution in [3.05, 3.63) is 53.9 Å². The number of hydrogen-bond donors (Lipinski definition) is 0. The molecule has 1 aromatic heterocycles. The Hall–Kier alpha value is -2.70. The van der Waals surface area contributed by atoms with Crippen molar-refractivity contribution in [2.75, 3.05) is 19.6 Å². The number of carbonyl (C=O) groups is 2. The van der Waals surface area contributed by atoms with E-state index in [0.717, 1.165) is 31.6 Å². The highest BCUT2D eigenvalue weighted by Crippen LogP contribution is 2.49. The highest BCUT2D eigenvalue weighted by Gasteiger charge is 2.54. The van der Waals surface area contributed by atoms with Gasteiger partial charge in [-0.2, -0.15) is 0 Å². The van der Waals surface area contributed by atoms with Crippen LogP contribution in [-0.2, 0) is 11.8 Å². The number of aryl methyl sites for hydroxylation is 1. The Kier molecular flexibility index (Phi) is 4.64. The van der Waals surface area contributed by atoms with Crippen molar-refractivity contribution in [3.8, 4) is 0 Å². The number of carbonyl (C=O) groups excluding carboxylic acids is 2. The molecule has 3 heterocycles. The molecule has 1 aliphatic carbocycles. The van der Waals surface area contributed by atoms with E-state index in [0.29, 0.717) is 24.4 Å². The number of imidazole rings is 1. The summed E-state index contributed by atoms with van der Waals surface area (Å²) in [6, 6.07) is 5.50. The summed E-state index contributed by atoms with van der Waals surface area (Å²) in [5, 5.41) is 0. The Labute approximate surface area is 175 Å². The van der Waals surface area contributed by atoms with Crippen LogP contribution in [0.5, 0.6) is 0 Å². The van der Waals surface area contributed by atoms with Gasteiger partial charge in [0.25, 0.3) is 5.91 Å². The van der Waals surface area contributed by atoms with Crippen LogP contribution in [-0.4, -0.2) is 50.8 Å². The van der Waals surface area contributed by atoms with Gasteiger partial charge in [-0.05, 0) is 56.2 Å². The number of benzene rings is 1. The van der Waals surface area contributed by atoms with E-state index < -0.39 is 11.2 Å². The first-order valence-corrected chi connectivity index (χ1v) is 10.8. The van der Waals surface area contributed by atoms with E-state index >= 15 is 0 Å². The Morgan fingerprint density at radius 2 is 2.17 bits per heavy atom. The Morgan fingerprint density at radius 1 is 1.33 bits per heavy atom. The molecular formula is C23H27FN4O2. The van der Waals surface area contributed by atoms with Crippen molar-refractivity contribution in [3.63, 3.8) is 0 Å². The van der Waals surface area contributed by atoms with Crippen LogP contribution in [0.15, 0.2) is 36.8 Å². The van der Waals surface area contributed by atoms with Crippen molar-refractivity contribution in [1.29, 1.82) is 0 Å². The minimum absolute atomic E-state index is 0.177. The molecule has 0 unspecified atom stereocenters. The lowest BCUT2D eigenvalue weighted by molar-refractivity contribution is -0.145. The summed E-state index contributed by atoms with van der Waals surface area (Å²) < 4.78 is 15.6. The molecule has 1 saturated carbocycles. The minimum atomic E-state index is -0.571. The van der Waals surface area contributed by atoms with Crippen molar-refractivity contribution in [1.82, 2.24) is 19.4 Å². The molecule has 1 aromatic carbocycles. The van der Waals surface area contributed by atoms with Gasteiger partial charge in [0.2, 0.25) is 5.91 Å². The lowest BCUT2D eigenvalue weighted by Crippen LogP contribution is -2.50. The molecule has 6 nitrogen and oxygen atoms in total. The van der Waals surface area contributed by atoms with Crippen molar-refractivity contribution in [2.24, 2.45) is 18.4 Å². The van der Waals surface area contributed by atoms with Gasteiger partial charge in [0.05, 0.1) is 23.5 Å². The number of amides is 2. The molecule has 0 bridgehead atoms. The maximum atomic E-state index is 13.8. The first kappa shape index (κ1) is 19.3. The van der Waals surface area contributed by atoms with Gasteiger partial charge in [-0.15, -0.1) is 0 Å². The standard InChI is InChI=1S/C23H27FN4O2/c1-26-13-19(25-15-26)20-11-23(8-3-9-27(22(23)30)12-16-6-7-16)14-28(20)21(29)17-4-2-5-18(24)10-17/h2,4-5,10,13,15-16,20H,3,6-9,11-12,14H2,1H3/t20-,23-/m1/s1. The number of hydrogen-bond acceptors (Lipinski definition) is 3. The first-order valence-electron chi connectivity index (χ1n) is 10.8. The monoisotopic (exact) mass is 410 g/mol. The molecule has 2 atom stereocenters. The molecule has 5 rings (SSSR count). The molecule has 3 fully saturated rings. The predicted molar refractivity (Wildman–Crippen MR) is 109 cm³/mol. The summed E-state index contributed by atoms with van der Waals surface area (Å²) in [7, 11) is 1.89. The zero-order chi connectivity index (χ0) is 20.9. The third-order valence-corrected chi connectivity index (χ3v) is 6.83. The normalized spacial score (nSPS) is 26.6. The summed E-state index contributed by atoms with van der Waals surface area (Å²) in [4.78, 5) is 35.2. The fraction of sp³-hybridized carbons (Fsp3) is 0.522. The summed E-state index contributed by atoms with van der Waals surface area (Å²) in [5.41, 5.74) is 0.524. The number of rotatable bonds is 4. The van der Waals surface area contributed by atoms with Crippen LogP contribution in [0.1, 0.15) is 54.2 Å². The third-order valence-electron chi connectivity index (χ3n) is 6.83. The van der Waals surface area contributed by atoms with Gasteiger partial charge in [-0.25, -0.2) is 9.37 Å². The third kappa shape index (κ3) is 3.40. The predicted octanol–water partition coefficient (Wildman–Crippen LogP) is 3.17. The summed E-state index contributed by atoms with van der Waals surface area (Å²) in [6.07, 6.45) is 8.34. The summed E-state index contributed by atoms with van der Waals surface area (Å²) >= 11 is 0. The fourth-order valence-corrected chi connectivity index (χ4v) is 5.13. The molecule has 0 radical (unpaired) electrons. The van der Waals surface area contributed by atoms with Gasteiger partial charge >= 0.3 is 0 Å². The topological polar surface area (TPSA) is 58.4 Å². The molecule has 2 amide bonds. The van der Waals surface area contributed by atoms with E-state index in [-0.39, 0.29) is 17.9 Å². The highest BCUT2D eigenvalue weighted by atomic mass is 19.1. The number of piperidine rings is 1. The molecule has 1 spiro atoms. The van der Waals surface area contributed by atoms with Gasteiger partial charge < -0.3 is 14.4 Å². The van der Waals surface area contributed by atoms with Crippen LogP contribution < -0.4 is 0 Å². The number of halogens is 1. The second kappa shape index (κ2) is 7.22. The Bertz CT molecular complexity index is 985. The van der Waals surface area contributed by atoms with Crippen LogP contribution in [0.3, 0.4) is 0 Å². The molecule has 3 aliphatic rings. The lowest BCUT2D eigenvalue weighted by Gasteiger charge is -2.39.